The van der Waals surface area contributed by atoms with E-state index in [0.29, 0.717) is 12.3 Å². The summed E-state index contributed by atoms with van der Waals surface area (Å²) in [5.41, 5.74) is -1.36. The molecular weight excluding hydrogens is 459 g/mol. The van der Waals surface area contributed by atoms with Gasteiger partial charge >= 0.3 is 6.18 Å². The van der Waals surface area contributed by atoms with Gasteiger partial charge in [-0.05, 0) is 39.0 Å². The average molecular weight is 484 g/mol. The van der Waals surface area contributed by atoms with Gasteiger partial charge in [-0.1, -0.05) is 6.08 Å². The number of carbonyl (C=O) groups is 1. The number of likely N-dealkylation sites (N-methyl/N-ethyl adjacent to an activating group) is 1. The minimum Gasteiger partial charge on any atom is -0.475 e. The van der Waals surface area contributed by atoms with Gasteiger partial charge in [0.2, 0.25) is 5.88 Å². The van der Waals surface area contributed by atoms with Gasteiger partial charge in [-0.2, -0.15) is 18.3 Å². The standard InChI is InChI=1S/C23H25F5N4O2/c1-5-7-10-30-31(4)21-18(11-17(24)12-19(21)25)22(33)32(6-2)15(3)14-34-20-9-8-16(13-29-20)23(26,27)28/h5,7-13,15H,6,14H2,1-4H3/b7-5-,30-10-. The maximum Gasteiger partial charge on any atom is 0.417 e. The van der Waals surface area contributed by atoms with Gasteiger partial charge in [-0.25, -0.2) is 13.8 Å². The second-order valence-corrected chi connectivity index (χ2v) is 7.23. The van der Waals surface area contributed by atoms with Crippen molar-refractivity contribution in [2.75, 3.05) is 25.2 Å². The maximum atomic E-state index is 14.6. The predicted octanol–water partition coefficient (Wildman–Crippen LogP) is 5.31. The van der Waals surface area contributed by atoms with Gasteiger partial charge in [0.15, 0.2) is 5.82 Å². The van der Waals surface area contributed by atoms with E-state index in [1.54, 1.807) is 32.9 Å². The quantitative estimate of drug-likeness (QED) is 0.275. The van der Waals surface area contributed by atoms with E-state index in [4.69, 9.17) is 4.74 Å². The molecule has 1 unspecified atom stereocenters. The van der Waals surface area contributed by atoms with E-state index < -0.39 is 35.3 Å². The predicted molar refractivity (Wildman–Crippen MR) is 119 cm³/mol. The normalized spacial score (nSPS) is 12.9. The number of rotatable bonds is 9. The van der Waals surface area contributed by atoms with Crippen molar-refractivity contribution < 1.29 is 31.5 Å². The van der Waals surface area contributed by atoms with Crippen LogP contribution in [0.2, 0.25) is 0 Å². The van der Waals surface area contributed by atoms with Gasteiger partial charge in [0.25, 0.3) is 5.91 Å². The fourth-order valence-corrected chi connectivity index (χ4v) is 3.08. The Labute approximate surface area is 194 Å². The fourth-order valence-electron chi connectivity index (χ4n) is 3.08. The number of aromatic nitrogens is 1. The Balaban J connectivity index is 2.24. The second kappa shape index (κ2) is 11.6. The van der Waals surface area contributed by atoms with Crippen molar-refractivity contribution in [2.45, 2.75) is 33.0 Å². The first-order chi connectivity index (χ1) is 16.0. The lowest BCUT2D eigenvalue weighted by molar-refractivity contribution is -0.137. The molecule has 1 heterocycles. The summed E-state index contributed by atoms with van der Waals surface area (Å²) >= 11 is 0. The van der Waals surface area contributed by atoms with Crippen LogP contribution in [0.25, 0.3) is 0 Å². The van der Waals surface area contributed by atoms with Crippen LogP contribution in [0.5, 0.6) is 5.88 Å². The fraction of sp³-hybridized carbons (Fsp3) is 0.348. The molecule has 0 saturated carbocycles. The molecule has 1 aromatic heterocycles. The second-order valence-electron chi connectivity index (χ2n) is 7.23. The summed E-state index contributed by atoms with van der Waals surface area (Å²) in [5.74, 6) is -2.61. The Morgan fingerprint density at radius 1 is 1.26 bits per heavy atom. The number of carbonyl (C=O) groups excluding carboxylic acids is 1. The topological polar surface area (TPSA) is 58.0 Å². The zero-order valence-corrected chi connectivity index (χ0v) is 19.1. The molecule has 6 nitrogen and oxygen atoms in total. The Bertz CT molecular complexity index is 1040. The highest BCUT2D eigenvalue weighted by Gasteiger charge is 2.31. The van der Waals surface area contributed by atoms with Crippen LogP contribution in [0.1, 0.15) is 36.7 Å². The summed E-state index contributed by atoms with van der Waals surface area (Å²) in [7, 11) is 1.42. The summed E-state index contributed by atoms with van der Waals surface area (Å²) in [6.07, 6.45) is 0.825. The van der Waals surface area contributed by atoms with Gasteiger partial charge in [0.05, 0.1) is 17.2 Å². The highest BCUT2D eigenvalue weighted by molar-refractivity contribution is 6.00. The summed E-state index contributed by atoms with van der Waals surface area (Å²) < 4.78 is 72.1. The largest absolute Gasteiger partial charge is 0.475 e. The zero-order valence-electron chi connectivity index (χ0n) is 19.1. The van der Waals surface area contributed by atoms with Crippen molar-refractivity contribution in [3.63, 3.8) is 0 Å². The number of anilines is 1. The molecule has 0 aliphatic heterocycles. The van der Waals surface area contributed by atoms with E-state index in [9.17, 15) is 26.7 Å². The van der Waals surface area contributed by atoms with Gasteiger partial charge in [0.1, 0.15) is 18.1 Å². The van der Waals surface area contributed by atoms with E-state index in [1.165, 1.54) is 18.2 Å². The van der Waals surface area contributed by atoms with E-state index in [1.807, 2.05) is 0 Å². The number of pyridine rings is 1. The number of ether oxygens (including phenoxy) is 1. The van der Waals surface area contributed by atoms with Crippen molar-refractivity contribution in [1.29, 1.82) is 0 Å². The first-order valence-electron chi connectivity index (χ1n) is 10.3. The number of hydrogen-bond acceptors (Lipinski definition) is 5. The Morgan fingerprint density at radius 2 is 1.97 bits per heavy atom. The van der Waals surface area contributed by atoms with Crippen molar-refractivity contribution in [2.24, 2.45) is 5.10 Å². The minimum absolute atomic E-state index is 0.0566. The molecule has 2 aromatic rings. The number of hydrogen-bond donors (Lipinski definition) is 0. The molecular formula is C23H25F5N4O2. The molecule has 0 saturated heterocycles. The maximum absolute atomic E-state index is 14.6. The van der Waals surface area contributed by atoms with Crippen LogP contribution in [-0.4, -0.2) is 48.2 Å². The molecule has 0 N–H and O–H groups in total. The number of amides is 1. The Morgan fingerprint density at radius 3 is 2.53 bits per heavy atom. The van der Waals surface area contributed by atoms with E-state index >= 15 is 0 Å². The third kappa shape index (κ3) is 6.75. The van der Waals surface area contributed by atoms with E-state index in [-0.39, 0.29) is 30.3 Å². The monoisotopic (exact) mass is 484 g/mol. The first kappa shape index (κ1) is 26.7. The molecule has 1 amide bonds. The zero-order chi connectivity index (χ0) is 25.5. The molecule has 0 fully saturated rings. The van der Waals surface area contributed by atoms with E-state index in [2.05, 4.69) is 10.1 Å². The van der Waals surface area contributed by atoms with Crippen LogP contribution in [0.3, 0.4) is 0 Å². The highest BCUT2D eigenvalue weighted by Crippen LogP contribution is 2.30. The van der Waals surface area contributed by atoms with Crippen LogP contribution in [0.15, 0.2) is 47.7 Å². The number of halogens is 5. The molecule has 0 aliphatic rings. The van der Waals surface area contributed by atoms with Gasteiger partial charge in [-0.15, -0.1) is 0 Å². The summed E-state index contributed by atoms with van der Waals surface area (Å²) in [6, 6.07) is 2.90. The summed E-state index contributed by atoms with van der Waals surface area (Å²) in [6.45, 7) is 5.14. The van der Waals surface area contributed by atoms with Crippen LogP contribution in [-0.2, 0) is 6.18 Å². The Hall–Kier alpha value is -3.50. The van der Waals surface area contributed by atoms with Crippen LogP contribution >= 0.6 is 0 Å². The smallest absolute Gasteiger partial charge is 0.417 e. The molecule has 0 radical (unpaired) electrons. The van der Waals surface area contributed by atoms with Crippen molar-refractivity contribution in [3.05, 3.63) is 65.4 Å². The van der Waals surface area contributed by atoms with E-state index in [0.717, 1.165) is 23.2 Å². The van der Waals surface area contributed by atoms with Crippen molar-refractivity contribution in [1.82, 2.24) is 9.88 Å². The van der Waals surface area contributed by atoms with Crippen LogP contribution < -0.4 is 9.75 Å². The molecule has 0 spiro atoms. The molecule has 34 heavy (non-hydrogen) atoms. The van der Waals surface area contributed by atoms with Crippen molar-refractivity contribution in [3.8, 4) is 5.88 Å². The van der Waals surface area contributed by atoms with Gasteiger partial charge < -0.3 is 9.64 Å². The summed E-state index contributed by atoms with van der Waals surface area (Å²) in [5, 5.41) is 5.15. The van der Waals surface area contributed by atoms with Gasteiger partial charge in [-0.3, -0.25) is 9.80 Å². The lowest BCUT2D eigenvalue weighted by atomic mass is 10.1. The van der Waals surface area contributed by atoms with Crippen molar-refractivity contribution >= 4 is 17.8 Å². The number of benzene rings is 1. The SMILES string of the molecule is C/C=C\C=N/N(C)c1c(F)cc(F)cc1C(=O)N(CC)C(C)COc1ccc(C(F)(F)F)cn1. The number of allylic oxidation sites excluding steroid dienone is 2. The molecule has 1 atom stereocenters. The minimum atomic E-state index is -4.52. The lowest BCUT2D eigenvalue weighted by Gasteiger charge is -2.29. The molecule has 0 aliphatic carbocycles. The third-order valence-corrected chi connectivity index (χ3v) is 4.77. The number of alkyl halides is 3. The van der Waals surface area contributed by atoms with Crippen LogP contribution in [0.4, 0.5) is 27.6 Å². The van der Waals surface area contributed by atoms with Crippen LogP contribution in [0, 0.1) is 11.6 Å². The molecule has 11 heteroatoms. The molecule has 0 bridgehead atoms. The highest BCUT2D eigenvalue weighted by atomic mass is 19.4. The third-order valence-electron chi connectivity index (χ3n) is 4.77. The average Bonchev–Trinajstić information content (AvgIpc) is 2.77. The Kier molecular flexibility index (Phi) is 9.11. The lowest BCUT2D eigenvalue weighted by Crippen LogP contribution is -2.42. The molecule has 1 aromatic carbocycles. The number of nitrogens with zero attached hydrogens (tertiary/aromatic N) is 4. The summed E-state index contributed by atoms with van der Waals surface area (Å²) in [4.78, 5) is 18.2. The number of hydrazone groups is 1. The van der Waals surface area contributed by atoms with Gasteiger partial charge in [0, 0.05) is 38.1 Å². The first-order valence-corrected chi connectivity index (χ1v) is 10.3. The molecule has 184 valence electrons. The molecule has 2 rings (SSSR count).